The molecule has 0 bridgehead atoms. The molecule has 0 aromatic heterocycles. The van der Waals surface area contributed by atoms with Crippen LogP contribution in [0.2, 0.25) is 5.02 Å². The van der Waals surface area contributed by atoms with E-state index >= 15 is 0 Å². The number of halogens is 3. The lowest BCUT2D eigenvalue weighted by atomic mass is 9.98. The Morgan fingerprint density at radius 1 is 1.23 bits per heavy atom. The Morgan fingerprint density at radius 2 is 1.77 bits per heavy atom. The fourth-order valence-corrected chi connectivity index (χ4v) is 1.14. The van der Waals surface area contributed by atoms with Crippen LogP contribution in [0.25, 0.3) is 0 Å². The van der Waals surface area contributed by atoms with Crippen molar-refractivity contribution in [2.45, 2.75) is 19.4 Å². The zero-order valence-corrected chi connectivity index (χ0v) is 7.99. The number of benzene rings is 1. The van der Waals surface area contributed by atoms with Gasteiger partial charge in [0.05, 0.1) is 10.6 Å². The quantitative estimate of drug-likeness (QED) is 0.701. The zero-order valence-electron chi connectivity index (χ0n) is 7.24. The predicted molar refractivity (Wildman–Crippen MR) is 46.6 cm³/mol. The summed E-state index contributed by atoms with van der Waals surface area (Å²) in [5.41, 5.74) is -1.51. The molecule has 0 spiro atoms. The number of aliphatic hydroxyl groups is 1. The van der Waals surface area contributed by atoms with Crippen molar-refractivity contribution < 1.29 is 13.9 Å². The standard InChI is InChI=1S/C9H9ClF2O/c1-9(2,13)5-3-4-6(10)8(12)7(5)11/h3-4,13H,1-2H3. The smallest absolute Gasteiger partial charge is 0.177 e. The maximum Gasteiger partial charge on any atom is 0.177 e. The molecule has 0 saturated heterocycles. The van der Waals surface area contributed by atoms with Crippen molar-refractivity contribution in [1.29, 1.82) is 0 Å². The highest BCUT2D eigenvalue weighted by atomic mass is 35.5. The first-order chi connectivity index (χ1) is 5.84. The predicted octanol–water partition coefficient (Wildman–Crippen LogP) is 2.85. The summed E-state index contributed by atoms with van der Waals surface area (Å²) in [5, 5.41) is 9.15. The van der Waals surface area contributed by atoms with E-state index in [2.05, 4.69) is 0 Å². The van der Waals surface area contributed by atoms with Crippen LogP contribution in [-0.2, 0) is 5.60 Å². The largest absolute Gasteiger partial charge is 0.386 e. The molecule has 1 nitrogen and oxygen atoms in total. The third-order valence-electron chi connectivity index (χ3n) is 1.69. The minimum Gasteiger partial charge on any atom is -0.386 e. The third kappa shape index (κ3) is 1.98. The van der Waals surface area contributed by atoms with Gasteiger partial charge in [-0.15, -0.1) is 0 Å². The van der Waals surface area contributed by atoms with E-state index in [0.29, 0.717) is 0 Å². The van der Waals surface area contributed by atoms with Gasteiger partial charge in [-0.3, -0.25) is 0 Å². The number of rotatable bonds is 1. The van der Waals surface area contributed by atoms with Crippen molar-refractivity contribution in [3.63, 3.8) is 0 Å². The molecule has 0 heterocycles. The van der Waals surface area contributed by atoms with E-state index in [0.717, 1.165) is 0 Å². The van der Waals surface area contributed by atoms with Crippen LogP contribution in [0.5, 0.6) is 0 Å². The van der Waals surface area contributed by atoms with Gasteiger partial charge in [-0.05, 0) is 19.9 Å². The van der Waals surface area contributed by atoms with E-state index in [9.17, 15) is 13.9 Å². The highest BCUT2D eigenvalue weighted by Crippen LogP contribution is 2.27. The topological polar surface area (TPSA) is 20.2 Å². The summed E-state index contributed by atoms with van der Waals surface area (Å²) in [4.78, 5) is 0. The summed E-state index contributed by atoms with van der Waals surface area (Å²) in [5.74, 6) is -2.22. The van der Waals surface area contributed by atoms with Gasteiger partial charge in [0.1, 0.15) is 0 Å². The Balaban J connectivity index is 3.35. The molecule has 1 N–H and O–H groups in total. The average Bonchev–Trinajstić information content (AvgIpc) is 1.98. The molecule has 4 heteroatoms. The van der Waals surface area contributed by atoms with Crippen LogP contribution in [-0.4, -0.2) is 5.11 Å². The van der Waals surface area contributed by atoms with Gasteiger partial charge in [-0.25, -0.2) is 8.78 Å². The molecule has 0 saturated carbocycles. The Labute approximate surface area is 80.0 Å². The Kier molecular flexibility index (Phi) is 2.59. The maximum atomic E-state index is 13.1. The monoisotopic (exact) mass is 206 g/mol. The van der Waals surface area contributed by atoms with E-state index in [1.54, 1.807) is 0 Å². The molecule has 1 rings (SSSR count). The third-order valence-corrected chi connectivity index (χ3v) is 1.99. The van der Waals surface area contributed by atoms with Crippen molar-refractivity contribution in [2.24, 2.45) is 0 Å². The van der Waals surface area contributed by atoms with Crippen LogP contribution in [0.15, 0.2) is 12.1 Å². The minimum atomic E-state index is -1.41. The van der Waals surface area contributed by atoms with Crippen LogP contribution in [0, 0.1) is 11.6 Å². The molecule has 0 aliphatic heterocycles. The van der Waals surface area contributed by atoms with Crippen molar-refractivity contribution in [3.05, 3.63) is 34.4 Å². The summed E-state index contributed by atoms with van der Waals surface area (Å²) in [6, 6.07) is 2.48. The van der Waals surface area contributed by atoms with Gasteiger partial charge in [-0.1, -0.05) is 17.7 Å². The van der Waals surface area contributed by atoms with E-state index in [1.807, 2.05) is 0 Å². The summed E-state index contributed by atoms with van der Waals surface area (Å²) in [6.07, 6.45) is 0. The Hall–Kier alpha value is -0.670. The average molecular weight is 207 g/mol. The highest BCUT2D eigenvalue weighted by molar-refractivity contribution is 6.30. The Morgan fingerprint density at radius 3 is 2.23 bits per heavy atom. The van der Waals surface area contributed by atoms with Crippen LogP contribution >= 0.6 is 11.6 Å². The lowest BCUT2D eigenvalue weighted by molar-refractivity contribution is 0.0737. The molecule has 0 fully saturated rings. The number of hydrogen-bond acceptors (Lipinski definition) is 1. The van der Waals surface area contributed by atoms with Crippen molar-refractivity contribution >= 4 is 11.6 Å². The lowest BCUT2D eigenvalue weighted by Crippen LogP contribution is -2.18. The molecule has 0 unspecified atom stereocenters. The second-order valence-corrected chi connectivity index (χ2v) is 3.69. The fourth-order valence-electron chi connectivity index (χ4n) is 0.998. The molecule has 0 atom stereocenters. The van der Waals surface area contributed by atoms with Gasteiger partial charge in [-0.2, -0.15) is 0 Å². The Bertz CT molecular complexity index is 331. The van der Waals surface area contributed by atoms with E-state index < -0.39 is 17.2 Å². The van der Waals surface area contributed by atoms with Crippen molar-refractivity contribution in [1.82, 2.24) is 0 Å². The molecule has 1 aromatic rings. The SMILES string of the molecule is CC(C)(O)c1ccc(Cl)c(F)c1F. The molecular weight excluding hydrogens is 198 g/mol. The molecular formula is C9H9ClF2O. The molecule has 72 valence electrons. The summed E-state index contributed by atoms with van der Waals surface area (Å²) >= 11 is 5.34. The molecule has 1 aromatic carbocycles. The van der Waals surface area contributed by atoms with Gasteiger partial charge in [0.25, 0.3) is 0 Å². The van der Waals surface area contributed by atoms with Crippen LogP contribution in [0.3, 0.4) is 0 Å². The van der Waals surface area contributed by atoms with Crippen molar-refractivity contribution in [2.75, 3.05) is 0 Å². The fraction of sp³-hybridized carbons (Fsp3) is 0.333. The van der Waals surface area contributed by atoms with Gasteiger partial charge >= 0.3 is 0 Å². The molecule has 13 heavy (non-hydrogen) atoms. The molecule has 0 radical (unpaired) electrons. The summed E-state index contributed by atoms with van der Waals surface area (Å²) in [6.45, 7) is 2.75. The van der Waals surface area contributed by atoms with Gasteiger partial charge in [0.15, 0.2) is 11.6 Å². The van der Waals surface area contributed by atoms with E-state index in [-0.39, 0.29) is 10.6 Å². The van der Waals surface area contributed by atoms with Crippen LogP contribution in [0.4, 0.5) is 8.78 Å². The first-order valence-electron chi connectivity index (χ1n) is 3.70. The van der Waals surface area contributed by atoms with Gasteiger partial charge in [0, 0.05) is 5.56 Å². The first kappa shape index (κ1) is 10.4. The summed E-state index contributed by atoms with van der Waals surface area (Å²) < 4.78 is 26.0. The summed E-state index contributed by atoms with van der Waals surface area (Å²) in [7, 11) is 0. The van der Waals surface area contributed by atoms with Gasteiger partial charge in [0.2, 0.25) is 0 Å². The van der Waals surface area contributed by atoms with Crippen molar-refractivity contribution in [3.8, 4) is 0 Å². The molecule has 0 amide bonds. The maximum absolute atomic E-state index is 13.1. The van der Waals surface area contributed by atoms with Crippen LogP contribution in [0.1, 0.15) is 19.4 Å². The van der Waals surface area contributed by atoms with Gasteiger partial charge < -0.3 is 5.11 Å². The first-order valence-corrected chi connectivity index (χ1v) is 4.08. The number of hydrogen-bond donors (Lipinski definition) is 1. The normalized spacial score (nSPS) is 11.8. The lowest BCUT2D eigenvalue weighted by Gasteiger charge is -2.18. The minimum absolute atomic E-state index is 0.102. The zero-order chi connectivity index (χ0) is 10.2. The van der Waals surface area contributed by atoms with Crippen LogP contribution < -0.4 is 0 Å². The molecule has 0 aliphatic carbocycles. The molecule has 0 aliphatic rings. The second-order valence-electron chi connectivity index (χ2n) is 3.28. The van der Waals surface area contributed by atoms with E-state index in [1.165, 1.54) is 26.0 Å². The van der Waals surface area contributed by atoms with E-state index in [4.69, 9.17) is 11.6 Å². The highest BCUT2D eigenvalue weighted by Gasteiger charge is 2.23. The second kappa shape index (κ2) is 3.24.